The van der Waals surface area contributed by atoms with E-state index in [2.05, 4.69) is 36.1 Å². The van der Waals surface area contributed by atoms with E-state index in [0.717, 1.165) is 32.3 Å². The third-order valence-electron chi connectivity index (χ3n) is 4.94. The van der Waals surface area contributed by atoms with E-state index >= 15 is 0 Å². The molecule has 0 spiro atoms. The summed E-state index contributed by atoms with van der Waals surface area (Å²) in [6, 6.07) is 0.741. The van der Waals surface area contributed by atoms with Gasteiger partial charge in [0.05, 0.1) is 6.61 Å². The van der Waals surface area contributed by atoms with Gasteiger partial charge in [-0.3, -0.25) is 4.90 Å². The van der Waals surface area contributed by atoms with Gasteiger partial charge < -0.3 is 15.0 Å². The first-order valence-electron chi connectivity index (χ1n) is 8.82. The first-order chi connectivity index (χ1) is 10.2. The smallest absolute Gasteiger partial charge is 0.0546 e. The van der Waals surface area contributed by atoms with Crippen molar-refractivity contribution in [3.63, 3.8) is 0 Å². The van der Waals surface area contributed by atoms with Crippen molar-refractivity contribution >= 4 is 0 Å². The molecule has 2 heterocycles. The maximum atomic E-state index is 5.87. The zero-order valence-corrected chi connectivity index (χ0v) is 14.4. The fourth-order valence-electron chi connectivity index (χ4n) is 3.92. The van der Waals surface area contributed by atoms with Crippen molar-refractivity contribution in [1.82, 2.24) is 15.1 Å². The number of likely N-dealkylation sites (N-methyl/N-ethyl adjacent to an activating group) is 1. The first-order valence-corrected chi connectivity index (χ1v) is 8.82. The Hall–Kier alpha value is -0.160. The Labute approximate surface area is 131 Å². The van der Waals surface area contributed by atoms with Crippen molar-refractivity contribution < 1.29 is 4.74 Å². The van der Waals surface area contributed by atoms with E-state index in [1.807, 2.05) is 0 Å². The molecule has 2 unspecified atom stereocenters. The van der Waals surface area contributed by atoms with E-state index in [0.29, 0.717) is 5.41 Å². The number of hydrogen-bond donors (Lipinski definition) is 1. The highest BCUT2D eigenvalue weighted by atomic mass is 16.5. The topological polar surface area (TPSA) is 27.7 Å². The molecule has 2 fully saturated rings. The SMILES string of the molecule is CCCNCC1(CN2CCCC2CN(C)C)CCCOC1. The number of nitrogens with one attached hydrogen (secondary N) is 1. The molecule has 0 amide bonds. The number of nitrogens with zero attached hydrogens (tertiary/aromatic N) is 2. The molecule has 2 aliphatic heterocycles. The monoisotopic (exact) mass is 297 g/mol. The molecule has 124 valence electrons. The van der Waals surface area contributed by atoms with Gasteiger partial charge in [-0.05, 0) is 59.3 Å². The Kier molecular flexibility index (Phi) is 6.93. The number of rotatable bonds is 8. The second-order valence-electron chi connectivity index (χ2n) is 7.36. The summed E-state index contributed by atoms with van der Waals surface area (Å²) in [4.78, 5) is 5.07. The van der Waals surface area contributed by atoms with Gasteiger partial charge >= 0.3 is 0 Å². The van der Waals surface area contributed by atoms with Crippen LogP contribution < -0.4 is 5.32 Å². The highest BCUT2D eigenvalue weighted by Crippen LogP contribution is 2.32. The highest BCUT2D eigenvalue weighted by molar-refractivity contribution is 4.91. The fourth-order valence-corrected chi connectivity index (χ4v) is 3.92. The molecule has 4 heteroatoms. The fraction of sp³-hybridized carbons (Fsp3) is 1.00. The Balaban J connectivity index is 1.93. The molecule has 0 bridgehead atoms. The summed E-state index contributed by atoms with van der Waals surface area (Å²) < 4.78 is 5.87. The minimum Gasteiger partial charge on any atom is -0.381 e. The van der Waals surface area contributed by atoms with E-state index in [-0.39, 0.29) is 0 Å². The van der Waals surface area contributed by atoms with E-state index in [1.165, 1.54) is 51.7 Å². The lowest BCUT2D eigenvalue weighted by molar-refractivity contribution is -0.0291. The van der Waals surface area contributed by atoms with Crippen LogP contribution >= 0.6 is 0 Å². The van der Waals surface area contributed by atoms with Crippen LogP contribution in [0.5, 0.6) is 0 Å². The van der Waals surface area contributed by atoms with Gasteiger partial charge in [-0.15, -0.1) is 0 Å². The number of ether oxygens (including phenoxy) is 1. The van der Waals surface area contributed by atoms with E-state index in [1.54, 1.807) is 0 Å². The lowest BCUT2D eigenvalue weighted by Crippen LogP contribution is -2.51. The molecule has 0 aromatic rings. The van der Waals surface area contributed by atoms with Gasteiger partial charge in [0.1, 0.15) is 0 Å². The van der Waals surface area contributed by atoms with Crippen LogP contribution in [-0.4, -0.2) is 75.9 Å². The normalized spacial score (nSPS) is 31.1. The largest absolute Gasteiger partial charge is 0.381 e. The lowest BCUT2D eigenvalue weighted by Gasteiger charge is -2.42. The molecular formula is C17H35N3O. The Morgan fingerprint density at radius 2 is 2.19 bits per heavy atom. The molecule has 2 aliphatic rings. The van der Waals surface area contributed by atoms with Crippen molar-refractivity contribution in [2.75, 3.05) is 60.0 Å². The molecule has 0 aromatic carbocycles. The van der Waals surface area contributed by atoms with Gasteiger partial charge in [-0.25, -0.2) is 0 Å². The van der Waals surface area contributed by atoms with Crippen molar-refractivity contribution in [2.24, 2.45) is 5.41 Å². The molecule has 0 saturated carbocycles. The van der Waals surface area contributed by atoms with E-state index < -0.39 is 0 Å². The minimum absolute atomic E-state index is 0.336. The standard InChI is InChI=1S/C17H35N3O/c1-4-9-18-13-17(8-6-11-21-15-17)14-20-10-5-7-16(20)12-19(2)3/h16,18H,4-15H2,1-3H3. The molecule has 0 radical (unpaired) electrons. The molecule has 2 rings (SSSR count). The second-order valence-corrected chi connectivity index (χ2v) is 7.36. The van der Waals surface area contributed by atoms with Gasteiger partial charge in [-0.2, -0.15) is 0 Å². The molecule has 1 N–H and O–H groups in total. The van der Waals surface area contributed by atoms with E-state index in [4.69, 9.17) is 4.74 Å². The minimum atomic E-state index is 0.336. The van der Waals surface area contributed by atoms with Crippen molar-refractivity contribution in [1.29, 1.82) is 0 Å². The van der Waals surface area contributed by atoms with Gasteiger partial charge in [0.2, 0.25) is 0 Å². The lowest BCUT2D eigenvalue weighted by atomic mass is 9.81. The summed E-state index contributed by atoms with van der Waals surface area (Å²) >= 11 is 0. The van der Waals surface area contributed by atoms with E-state index in [9.17, 15) is 0 Å². The summed E-state index contributed by atoms with van der Waals surface area (Å²) in [5.41, 5.74) is 0.336. The van der Waals surface area contributed by atoms with Crippen LogP contribution in [0.15, 0.2) is 0 Å². The van der Waals surface area contributed by atoms with Gasteiger partial charge in [-0.1, -0.05) is 6.92 Å². The molecule has 2 saturated heterocycles. The van der Waals surface area contributed by atoms with Crippen molar-refractivity contribution in [2.45, 2.75) is 45.1 Å². The number of likely N-dealkylation sites (tertiary alicyclic amines) is 1. The van der Waals surface area contributed by atoms with Crippen LogP contribution in [0.2, 0.25) is 0 Å². The summed E-state index contributed by atoms with van der Waals surface area (Å²) in [5, 5.41) is 3.66. The Bertz CT molecular complexity index is 290. The molecular weight excluding hydrogens is 262 g/mol. The quantitative estimate of drug-likeness (QED) is 0.692. The van der Waals surface area contributed by atoms with Gasteiger partial charge in [0, 0.05) is 37.7 Å². The summed E-state index contributed by atoms with van der Waals surface area (Å²) in [5.74, 6) is 0. The van der Waals surface area contributed by atoms with Crippen molar-refractivity contribution in [3.05, 3.63) is 0 Å². The second kappa shape index (κ2) is 8.47. The van der Waals surface area contributed by atoms with Crippen LogP contribution in [0, 0.1) is 5.41 Å². The maximum absolute atomic E-state index is 5.87. The van der Waals surface area contributed by atoms with Crippen LogP contribution in [-0.2, 0) is 4.74 Å². The third-order valence-corrected chi connectivity index (χ3v) is 4.94. The highest BCUT2D eigenvalue weighted by Gasteiger charge is 2.37. The predicted molar refractivity (Wildman–Crippen MR) is 88.8 cm³/mol. The third kappa shape index (κ3) is 5.20. The number of hydrogen-bond acceptors (Lipinski definition) is 4. The van der Waals surface area contributed by atoms with Gasteiger partial charge in [0.25, 0.3) is 0 Å². The Morgan fingerprint density at radius 3 is 2.86 bits per heavy atom. The summed E-state index contributed by atoms with van der Waals surface area (Å²) in [7, 11) is 4.39. The van der Waals surface area contributed by atoms with Crippen LogP contribution in [0.1, 0.15) is 39.0 Å². The van der Waals surface area contributed by atoms with Crippen molar-refractivity contribution in [3.8, 4) is 0 Å². The molecule has 0 aliphatic carbocycles. The maximum Gasteiger partial charge on any atom is 0.0546 e. The average Bonchev–Trinajstić information content (AvgIpc) is 2.86. The summed E-state index contributed by atoms with van der Waals surface area (Å²) in [6.07, 6.45) is 6.47. The zero-order chi connectivity index (χ0) is 15.1. The molecule has 2 atom stereocenters. The zero-order valence-electron chi connectivity index (χ0n) is 14.4. The van der Waals surface area contributed by atoms with Gasteiger partial charge in [0.15, 0.2) is 0 Å². The Morgan fingerprint density at radius 1 is 1.33 bits per heavy atom. The summed E-state index contributed by atoms with van der Waals surface area (Å²) in [6.45, 7) is 10.1. The predicted octanol–water partition coefficient (Wildman–Crippen LogP) is 1.81. The average molecular weight is 297 g/mol. The molecule has 0 aromatic heterocycles. The van der Waals surface area contributed by atoms with Crippen LogP contribution in [0.4, 0.5) is 0 Å². The molecule has 4 nitrogen and oxygen atoms in total. The first kappa shape index (κ1) is 17.2. The molecule has 21 heavy (non-hydrogen) atoms. The van der Waals surface area contributed by atoms with Crippen LogP contribution in [0.25, 0.3) is 0 Å². The van der Waals surface area contributed by atoms with Crippen LogP contribution in [0.3, 0.4) is 0 Å².